The summed E-state index contributed by atoms with van der Waals surface area (Å²) in [5.41, 5.74) is 0.464. The molecule has 1 aliphatic rings. The van der Waals surface area contributed by atoms with Gasteiger partial charge in [-0.2, -0.15) is 0 Å². The molecule has 26 heavy (non-hydrogen) atoms. The minimum atomic E-state index is -0.935. The van der Waals surface area contributed by atoms with E-state index in [1.165, 1.54) is 0 Å². The molecule has 0 spiro atoms. The Morgan fingerprint density at radius 1 is 1.23 bits per heavy atom. The van der Waals surface area contributed by atoms with Gasteiger partial charge in [-0.05, 0) is 45.2 Å². The van der Waals surface area contributed by atoms with Crippen molar-refractivity contribution in [1.82, 2.24) is 4.90 Å². The number of carbonyl (C=O) groups excluding carboxylic acids is 1. The van der Waals surface area contributed by atoms with Crippen molar-refractivity contribution in [1.29, 1.82) is 0 Å². The van der Waals surface area contributed by atoms with Gasteiger partial charge in [-0.25, -0.2) is 9.59 Å². The van der Waals surface area contributed by atoms with E-state index in [4.69, 9.17) is 4.74 Å². The van der Waals surface area contributed by atoms with Crippen LogP contribution in [0.5, 0.6) is 0 Å². The van der Waals surface area contributed by atoms with Gasteiger partial charge in [0.1, 0.15) is 5.60 Å². The van der Waals surface area contributed by atoms with Gasteiger partial charge >= 0.3 is 12.1 Å². The molecule has 0 aromatic heterocycles. The topological polar surface area (TPSA) is 70.1 Å². The summed E-state index contributed by atoms with van der Waals surface area (Å²) in [5.74, 6) is -0.518. The highest BCUT2D eigenvalue weighted by Crippen LogP contribution is 2.27. The summed E-state index contributed by atoms with van der Waals surface area (Å²) in [4.78, 5) is 28.0. The molecule has 1 atom stereocenters. The average molecular weight is 362 g/mol. The molecule has 1 heterocycles. The fourth-order valence-electron chi connectivity index (χ4n) is 3.31. The summed E-state index contributed by atoms with van der Waals surface area (Å²) in [6.07, 6.45) is 0.541. The number of para-hydroxylation sites is 1. The Hall–Kier alpha value is -2.24. The van der Waals surface area contributed by atoms with Gasteiger partial charge in [0, 0.05) is 19.6 Å². The monoisotopic (exact) mass is 362 g/mol. The van der Waals surface area contributed by atoms with E-state index in [0.29, 0.717) is 36.8 Å². The second kappa shape index (κ2) is 7.98. The molecule has 1 saturated heterocycles. The quantitative estimate of drug-likeness (QED) is 0.881. The third kappa shape index (κ3) is 5.13. The average Bonchev–Trinajstić information content (AvgIpc) is 2.52. The number of carboxylic acids is 1. The number of hydrogen-bond acceptors (Lipinski definition) is 4. The molecule has 0 saturated carbocycles. The molecule has 0 unspecified atom stereocenters. The highest BCUT2D eigenvalue weighted by Gasteiger charge is 2.34. The van der Waals surface area contributed by atoms with Gasteiger partial charge in [-0.3, -0.25) is 0 Å². The number of carbonyl (C=O) groups is 2. The Morgan fingerprint density at radius 2 is 1.88 bits per heavy atom. The molecule has 1 amide bonds. The van der Waals surface area contributed by atoms with E-state index >= 15 is 0 Å². The van der Waals surface area contributed by atoms with E-state index in [9.17, 15) is 14.7 Å². The third-order valence-electron chi connectivity index (χ3n) is 4.33. The number of amides is 1. The zero-order valence-corrected chi connectivity index (χ0v) is 16.4. The standard InChI is InChI=1S/C20H30N2O4/c1-14(2)12-15-13-21(17-9-7-6-8-16(17)18(23)24)10-11-22(15)19(25)26-20(3,4)5/h6-9,14-15H,10-13H2,1-5H3,(H,23,24)/t15-/m0/s1. The first-order chi connectivity index (χ1) is 12.1. The molecule has 1 aliphatic heterocycles. The van der Waals surface area contributed by atoms with E-state index in [-0.39, 0.29) is 12.1 Å². The Balaban J connectivity index is 2.22. The summed E-state index contributed by atoms with van der Waals surface area (Å²) in [6, 6.07) is 7.02. The fraction of sp³-hybridized carbons (Fsp3) is 0.600. The van der Waals surface area contributed by atoms with Crippen molar-refractivity contribution in [2.45, 2.75) is 52.7 Å². The van der Waals surface area contributed by atoms with Crippen molar-refractivity contribution in [3.8, 4) is 0 Å². The molecule has 1 aromatic rings. The zero-order valence-electron chi connectivity index (χ0n) is 16.4. The normalized spacial score (nSPS) is 18.2. The SMILES string of the molecule is CC(C)C[C@H]1CN(c2ccccc2C(=O)O)CCN1C(=O)OC(C)(C)C. The highest BCUT2D eigenvalue weighted by atomic mass is 16.6. The lowest BCUT2D eigenvalue weighted by Crippen LogP contribution is -2.56. The smallest absolute Gasteiger partial charge is 0.410 e. The maximum Gasteiger partial charge on any atom is 0.410 e. The molecule has 6 heteroatoms. The number of hydrogen-bond donors (Lipinski definition) is 1. The number of aromatic carboxylic acids is 1. The molecule has 1 fully saturated rings. The minimum absolute atomic E-state index is 0.0135. The first-order valence-electron chi connectivity index (χ1n) is 9.15. The molecule has 0 aliphatic carbocycles. The largest absolute Gasteiger partial charge is 0.478 e. The number of anilines is 1. The van der Waals surface area contributed by atoms with Crippen LogP contribution in [0.15, 0.2) is 24.3 Å². The van der Waals surface area contributed by atoms with Crippen LogP contribution < -0.4 is 4.90 Å². The number of ether oxygens (including phenoxy) is 1. The molecule has 144 valence electrons. The van der Waals surface area contributed by atoms with Crippen LogP contribution in [0.3, 0.4) is 0 Å². The Labute approximate surface area is 155 Å². The van der Waals surface area contributed by atoms with Crippen LogP contribution in [0.25, 0.3) is 0 Å². The number of rotatable bonds is 4. The number of piperazine rings is 1. The second-order valence-corrected chi connectivity index (χ2v) is 8.23. The van der Waals surface area contributed by atoms with Crippen LogP contribution in [-0.4, -0.2) is 53.3 Å². The summed E-state index contributed by atoms with van der Waals surface area (Å²) >= 11 is 0. The fourth-order valence-corrected chi connectivity index (χ4v) is 3.31. The Morgan fingerprint density at radius 3 is 2.46 bits per heavy atom. The van der Waals surface area contributed by atoms with Crippen molar-refractivity contribution >= 4 is 17.7 Å². The van der Waals surface area contributed by atoms with E-state index in [1.807, 2.05) is 32.9 Å². The van der Waals surface area contributed by atoms with Gasteiger partial charge in [-0.1, -0.05) is 26.0 Å². The molecule has 0 radical (unpaired) electrons. The van der Waals surface area contributed by atoms with E-state index in [0.717, 1.165) is 6.42 Å². The van der Waals surface area contributed by atoms with Gasteiger partial charge in [0.15, 0.2) is 0 Å². The molecule has 1 N–H and O–H groups in total. The summed E-state index contributed by atoms with van der Waals surface area (Å²) < 4.78 is 5.57. The molecule has 2 rings (SSSR count). The summed E-state index contributed by atoms with van der Waals surface area (Å²) in [6.45, 7) is 11.5. The molecule has 1 aromatic carbocycles. The molecular weight excluding hydrogens is 332 g/mol. The number of nitrogens with zero attached hydrogens (tertiary/aromatic N) is 2. The number of carboxylic acid groups (broad SMARTS) is 1. The maximum absolute atomic E-state index is 12.6. The van der Waals surface area contributed by atoms with E-state index in [2.05, 4.69) is 18.7 Å². The molecular formula is C20H30N2O4. The Bertz CT molecular complexity index is 651. The van der Waals surface area contributed by atoms with Crippen LogP contribution in [0.2, 0.25) is 0 Å². The van der Waals surface area contributed by atoms with Crippen LogP contribution in [0.4, 0.5) is 10.5 Å². The van der Waals surface area contributed by atoms with Crippen LogP contribution in [0.1, 0.15) is 51.4 Å². The maximum atomic E-state index is 12.6. The van der Waals surface area contributed by atoms with Crippen LogP contribution in [0, 0.1) is 5.92 Å². The van der Waals surface area contributed by atoms with Gasteiger partial charge in [-0.15, -0.1) is 0 Å². The zero-order chi connectivity index (χ0) is 19.5. The van der Waals surface area contributed by atoms with Crippen LogP contribution >= 0.6 is 0 Å². The lowest BCUT2D eigenvalue weighted by molar-refractivity contribution is 0.0119. The van der Waals surface area contributed by atoms with E-state index < -0.39 is 11.6 Å². The molecule has 0 bridgehead atoms. The van der Waals surface area contributed by atoms with Crippen molar-refractivity contribution in [3.63, 3.8) is 0 Å². The van der Waals surface area contributed by atoms with Gasteiger partial charge in [0.2, 0.25) is 0 Å². The Kier molecular flexibility index (Phi) is 6.16. The highest BCUT2D eigenvalue weighted by molar-refractivity contribution is 5.94. The van der Waals surface area contributed by atoms with Gasteiger partial charge < -0.3 is 19.6 Å². The van der Waals surface area contributed by atoms with Gasteiger partial charge in [0.05, 0.1) is 17.3 Å². The number of benzene rings is 1. The third-order valence-corrected chi connectivity index (χ3v) is 4.33. The second-order valence-electron chi connectivity index (χ2n) is 8.23. The van der Waals surface area contributed by atoms with Crippen molar-refractivity contribution < 1.29 is 19.4 Å². The first kappa shape index (κ1) is 20.1. The van der Waals surface area contributed by atoms with Crippen molar-refractivity contribution in [2.24, 2.45) is 5.92 Å². The van der Waals surface area contributed by atoms with E-state index in [1.54, 1.807) is 17.0 Å². The minimum Gasteiger partial charge on any atom is -0.478 e. The first-order valence-corrected chi connectivity index (χ1v) is 9.15. The summed E-state index contributed by atoms with van der Waals surface area (Å²) in [7, 11) is 0. The molecule has 6 nitrogen and oxygen atoms in total. The lowest BCUT2D eigenvalue weighted by atomic mass is 9.99. The predicted octanol–water partition coefficient (Wildman–Crippen LogP) is 3.86. The lowest BCUT2D eigenvalue weighted by Gasteiger charge is -2.43. The predicted molar refractivity (Wildman–Crippen MR) is 102 cm³/mol. The summed E-state index contributed by atoms with van der Waals surface area (Å²) in [5, 5.41) is 9.46. The van der Waals surface area contributed by atoms with Gasteiger partial charge in [0.25, 0.3) is 0 Å². The van der Waals surface area contributed by atoms with Crippen molar-refractivity contribution in [3.05, 3.63) is 29.8 Å². The van der Waals surface area contributed by atoms with Crippen molar-refractivity contribution in [2.75, 3.05) is 24.5 Å². The van der Waals surface area contributed by atoms with Crippen LogP contribution in [-0.2, 0) is 4.74 Å².